The van der Waals surface area contributed by atoms with Gasteiger partial charge in [0.15, 0.2) is 0 Å². The summed E-state index contributed by atoms with van der Waals surface area (Å²) in [5.74, 6) is 0.450. The molecule has 3 fully saturated rings. The number of ether oxygens (including phenoxy) is 3. The molecule has 1 unspecified atom stereocenters. The number of rotatable bonds is 18. The molecule has 5 aromatic carbocycles. The number of pyridine rings is 1. The van der Waals surface area contributed by atoms with E-state index in [9.17, 15) is 29.4 Å². The number of carbonyl (C=O) groups excluding carboxylic acids is 3. The number of nitrogens with zero attached hydrogens (tertiary/aromatic N) is 2. The quantitative estimate of drug-likeness (QED) is 0.0464. The van der Waals surface area contributed by atoms with Gasteiger partial charge < -0.3 is 50.3 Å². The van der Waals surface area contributed by atoms with Crippen molar-refractivity contribution < 1.29 is 38.8 Å². The topological polar surface area (TPSA) is 195 Å². The monoisotopic (exact) mass is 922 g/mol. The lowest BCUT2D eigenvalue weighted by molar-refractivity contribution is -0.0336. The van der Waals surface area contributed by atoms with Crippen LogP contribution in [0.2, 0.25) is 0 Å². The number of fused-ring (bicyclic) bond motifs is 4. The number of hydrogen-bond donors (Lipinski definition) is 6. The Morgan fingerprint density at radius 1 is 0.853 bits per heavy atom. The third kappa shape index (κ3) is 12.0. The fourth-order valence-corrected chi connectivity index (χ4v) is 8.85. The average molecular weight is 923 g/mol. The maximum atomic E-state index is 13.3. The summed E-state index contributed by atoms with van der Waals surface area (Å²) >= 11 is 0. The third-order valence-corrected chi connectivity index (χ3v) is 12.6. The molecule has 3 aliphatic rings. The van der Waals surface area contributed by atoms with Gasteiger partial charge in [0.2, 0.25) is 5.56 Å². The van der Waals surface area contributed by atoms with Gasteiger partial charge in [0.25, 0.3) is 0 Å². The van der Waals surface area contributed by atoms with Crippen LogP contribution in [0.5, 0.6) is 11.5 Å². The minimum Gasteiger partial charge on any atom is -0.506 e. The lowest BCUT2D eigenvalue weighted by Gasteiger charge is -2.43. The number of H-pyrrole nitrogens is 1. The van der Waals surface area contributed by atoms with Crippen LogP contribution in [-0.2, 0) is 22.6 Å². The zero-order chi connectivity index (χ0) is 47.6. The number of piperidine rings is 3. The minimum absolute atomic E-state index is 0.00374. The molecule has 4 heterocycles. The zero-order valence-corrected chi connectivity index (χ0v) is 38.2. The largest absolute Gasteiger partial charge is 0.506 e. The number of aliphatic hydroxyl groups excluding tert-OH is 1. The normalized spacial score (nSPS) is 17.3. The molecule has 9 rings (SSSR count). The van der Waals surface area contributed by atoms with Crippen molar-refractivity contribution in [2.45, 2.75) is 64.1 Å². The van der Waals surface area contributed by atoms with E-state index >= 15 is 0 Å². The Hall–Kier alpha value is -7.20. The summed E-state index contributed by atoms with van der Waals surface area (Å²) in [6, 6.07) is 36.8. The molecule has 0 aliphatic carbocycles. The van der Waals surface area contributed by atoms with E-state index in [0.29, 0.717) is 40.4 Å². The molecule has 0 radical (unpaired) electrons. The molecule has 15 nitrogen and oxygen atoms in total. The summed E-state index contributed by atoms with van der Waals surface area (Å²) in [5.41, 5.74) is 5.00. The van der Waals surface area contributed by atoms with Gasteiger partial charge in [-0.15, -0.1) is 0 Å². The number of aromatic amines is 1. The SMILES string of the molecule is CC(C)N(CCOC(=O)c1ccc(COc2cccc(C(NC(=O)O[C@H]3CN4CCC3CC4)c3ccccc3)c2)cc1)C(=O)Nc1ccc(CNC[C@H](O)c2ccc(O)c3[nH]c(=O)ccc23)cc1. The van der Waals surface area contributed by atoms with Gasteiger partial charge in [-0.05, 0) is 122 Å². The predicted octanol–water partition coefficient (Wildman–Crippen LogP) is 7.65. The Balaban J connectivity index is 0.777. The highest BCUT2D eigenvalue weighted by Gasteiger charge is 2.37. The molecule has 0 spiro atoms. The number of nitrogens with one attached hydrogen (secondary N) is 4. The first-order valence-corrected chi connectivity index (χ1v) is 23.1. The number of carbonyl (C=O) groups is 3. The highest BCUT2D eigenvalue weighted by molar-refractivity contribution is 5.90. The van der Waals surface area contributed by atoms with Crippen LogP contribution in [-0.4, -0.2) is 94.6 Å². The molecule has 2 bridgehead atoms. The molecular weight excluding hydrogens is 865 g/mol. The summed E-state index contributed by atoms with van der Waals surface area (Å²) in [4.78, 5) is 57.9. The Morgan fingerprint density at radius 2 is 1.59 bits per heavy atom. The van der Waals surface area contributed by atoms with Gasteiger partial charge in [-0.2, -0.15) is 0 Å². The smallest absolute Gasteiger partial charge is 0.408 e. The number of esters is 1. The summed E-state index contributed by atoms with van der Waals surface area (Å²) in [6.45, 7) is 7.78. The predicted molar refractivity (Wildman–Crippen MR) is 259 cm³/mol. The van der Waals surface area contributed by atoms with Crippen molar-refractivity contribution in [2.24, 2.45) is 5.92 Å². The minimum atomic E-state index is -0.893. The van der Waals surface area contributed by atoms with Gasteiger partial charge >= 0.3 is 18.1 Å². The first-order chi connectivity index (χ1) is 33.0. The molecule has 0 saturated carbocycles. The van der Waals surface area contributed by atoms with Crippen LogP contribution in [0.25, 0.3) is 10.9 Å². The second-order valence-corrected chi connectivity index (χ2v) is 17.6. The fraction of sp³-hybridized carbons (Fsp3) is 0.321. The molecule has 3 amide bonds. The van der Waals surface area contributed by atoms with Crippen LogP contribution < -0.4 is 26.2 Å². The molecule has 6 aromatic rings. The van der Waals surface area contributed by atoms with E-state index in [-0.39, 0.29) is 61.3 Å². The van der Waals surface area contributed by atoms with Gasteiger partial charge in [-0.1, -0.05) is 72.8 Å². The van der Waals surface area contributed by atoms with Gasteiger partial charge in [-0.25, -0.2) is 14.4 Å². The maximum Gasteiger partial charge on any atom is 0.408 e. The fourth-order valence-electron chi connectivity index (χ4n) is 8.85. The average Bonchev–Trinajstić information content (AvgIpc) is 3.35. The first-order valence-electron chi connectivity index (χ1n) is 23.1. The summed E-state index contributed by atoms with van der Waals surface area (Å²) in [7, 11) is 0. The first kappa shape index (κ1) is 47.3. The summed E-state index contributed by atoms with van der Waals surface area (Å²) in [6.07, 6.45) is 0.677. The van der Waals surface area contributed by atoms with E-state index in [2.05, 4.69) is 25.8 Å². The molecular formula is C53H58N6O9. The number of amides is 3. The molecule has 3 aliphatic heterocycles. The molecule has 15 heteroatoms. The van der Waals surface area contributed by atoms with Crippen molar-refractivity contribution in [3.8, 4) is 11.5 Å². The molecule has 3 saturated heterocycles. The van der Waals surface area contributed by atoms with E-state index in [1.807, 2.05) is 92.7 Å². The van der Waals surface area contributed by atoms with Crippen molar-refractivity contribution in [1.82, 2.24) is 25.4 Å². The van der Waals surface area contributed by atoms with Crippen molar-refractivity contribution in [3.63, 3.8) is 0 Å². The highest BCUT2D eigenvalue weighted by Crippen LogP contribution is 2.32. The van der Waals surface area contributed by atoms with Crippen molar-refractivity contribution in [3.05, 3.63) is 171 Å². The number of aliphatic hydroxyl groups is 1. The number of aromatic hydroxyl groups is 1. The van der Waals surface area contributed by atoms with Crippen LogP contribution in [0.4, 0.5) is 15.3 Å². The number of phenols is 1. The standard InChI is InChI=1S/C53H58N6O9/c1-34(2)59(52(64)55-41-17-13-35(14-18-41)30-54-31-46(61)43-19-21-45(60)50-44(43)20-22-48(62)56-50)27-28-66-51(63)39-15-11-36(12-16-39)33-67-42-10-6-9-40(29-42)49(38-7-4-3-5-8-38)57-53(65)68-47-32-58-25-23-37(47)24-26-58/h3-22,29,34,37,46-47,49,54,60-61H,23-28,30-33H2,1-2H3,(H,55,64)(H,56,62)(H,57,65)/t46-,47-,49?/m0/s1. The van der Waals surface area contributed by atoms with Crippen LogP contribution in [0, 0.1) is 5.92 Å². The van der Waals surface area contributed by atoms with E-state index in [1.54, 1.807) is 41.3 Å². The summed E-state index contributed by atoms with van der Waals surface area (Å²) < 4.78 is 17.7. The van der Waals surface area contributed by atoms with E-state index in [4.69, 9.17) is 14.2 Å². The van der Waals surface area contributed by atoms with Gasteiger partial charge in [0, 0.05) is 42.8 Å². The van der Waals surface area contributed by atoms with E-state index < -0.39 is 24.2 Å². The Bertz CT molecular complexity index is 2720. The Morgan fingerprint density at radius 3 is 2.31 bits per heavy atom. The Kier molecular flexibility index (Phi) is 15.3. The molecule has 68 heavy (non-hydrogen) atoms. The molecule has 3 atom stereocenters. The third-order valence-electron chi connectivity index (χ3n) is 12.6. The highest BCUT2D eigenvalue weighted by atomic mass is 16.6. The van der Waals surface area contributed by atoms with Crippen LogP contribution in [0.15, 0.2) is 132 Å². The maximum absolute atomic E-state index is 13.3. The number of aromatic nitrogens is 1. The lowest BCUT2D eigenvalue weighted by Crippen LogP contribution is -2.52. The van der Waals surface area contributed by atoms with Gasteiger partial charge in [0.1, 0.15) is 30.8 Å². The number of urea groups is 1. The van der Waals surface area contributed by atoms with E-state index in [0.717, 1.165) is 54.7 Å². The van der Waals surface area contributed by atoms with Gasteiger partial charge in [0.05, 0.1) is 29.8 Å². The van der Waals surface area contributed by atoms with Crippen LogP contribution in [0.1, 0.15) is 77.0 Å². The zero-order valence-electron chi connectivity index (χ0n) is 38.2. The molecule has 1 aromatic heterocycles. The molecule has 6 N–H and O–H groups in total. The number of alkyl carbamates (subject to hydrolysis) is 1. The second-order valence-electron chi connectivity index (χ2n) is 17.6. The van der Waals surface area contributed by atoms with E-state index in [1.165, 1.54) is 12.1 Å². The van der Waals surface area contributed by atoms with Crippen molar-refractivity contribution >= 4 is 34.7 Å². The summed E-state index contributed by atoms with van der Waals surface area (Å²) in [5, 5.41) is 30.8. The number of anilines is 1. The van der Waals surface area contributed by atoms with Crippen LogP contribution >= 0.6 is 0 Å². The Labute approximate surface area is 395 Å². The van der Waals surface area contributed by atoms with Crippen molar-refractivity contribution in [1.29, 1.82) is 0 Å². The van der Waals surface area contributed by atoms with Crippen LogP contribution in [0.3, 0.4) is 0 Å². The lowest BCUT2D eigenvalue weighted by atomic mass is 9.86. The number of hydrogen-bond acceptors (Lipinski definition) is 11. The number of benzene rings is 5. The second kappa shape index (κ2) is 22.1. The number of phenolic OH excluding ortho intramolecular Hbond substituents is 1. The van der Waals surface area contributed by atoms with Gasteiger partial charge in [-0.3, -0.25) is 9.69 Å². The molecule has 354 valence electrons. The van der Waals surface area contributed by atoms with Crippen molar-refractivity contribution in [2.75, 3.05) is 44.6 Å².